The fourth-order valence-corrected chi connectivity index (χ4v) is 3.24. The van der Waals surface area contributed by atoms with Crippen LogP contribution in [0, 0.1) is 11.8 Å². The second-order valence-electron chi connectivity index (χ2n) is 6.14. The molecule has 2 aromatic rings. The zero-order valence-electron chi connectivity index (χ0n) is 12.5. The summed E-state index contributed by atoms with van der Waals surface area (Å²) in [6.07, 6.45) is 3.48. The summed E-state index contributed by atoms with van der Waals surface area (Å²) in [4.78, 5) is 17.8. The highest BCUT2D eigenvalue weighted by Crippen LogP contribution is 2.24. The summed E-state index contributed by atoms with van der Waals surface area (Å²) in [7, 11) is 0. The lowest BCUT2D eigenvalue weighted by Crippen LogP contribution is -2.46. The molecule has 3 rings (SSSR count). The first kappa shape index (κ1) is 14.1. The average Bonchev–Trinajstić information content (AvgIpc) is 2.91. The Balaban J connectivity index is 1.71. The third kappa shape index (κ3) is 2.81. The van der Waals surface area contributed by atoms with E-state index in [0.29, 0.717) is 24.8 Å². The molecule has 1 aliphatic rings. The van der Waals surface area contributed by atoms with Crippen LogP contribution in [-0.2, 0) is 11.2 Å². The van der Waals surface area contributed by atoms with E-state index in [-0.39, 0.29) is 5.91 Å². The molecule has 2 atom stereocenters. The molecule has 0 spiro atoms. The van der Waals surface area contributed by atoms with Crippen LogP contribution in [0.15, 0.2) is 30.5 Å². The quantitative estimate of drug-likeness (QED) is 0.907. The maximum Gasteiger partial charge on any atom is 0.227 e. The van der Waals surface area contributed by atoms with E-state index in [4.69, 9.17) is 5.73 Å². The lowest BCUT2D eigenvalue weighted by atomic mass is 9.87. The number of nitrogens with two attached hydrogens (primary N) is 1. The highest BCUT2D eigenvalue weighted by molar-refractivity contribution is 5.88. The van der Waals surface area contributed by atoms with Crippen LogP contribution >= 0.6 is 0 Å². The Bertz CT molecular complexity index is 634. The molecular formula is C17H23N3O. The van der Waals surface area contributed by atoms with Crippen molar-refractivity contribution in [2.24, 2.45) is 17.6 Å². The third-order valence-corrected chi connectivity index (χ3v) is 4.79. The number of likely N-dealkylation sites (tertiary alicyclic amines) is 1. The Morgan fingerprint density at radius 1 is 1.43 bits per heavy atom. The van der Waals surface area contributed by atoms with Crippen molar-refractivity contribution in [1.82, 2.24) is 9.88 Å². The number of nitrogens with one attached hydrogen (secondary N) is 1. The molecule has 2 unspecified atom stereocenters. The average molecular weight is 285 g/mol. The van der Waals surface area contributed by atoms with E-state index in [1.807, 2.05) is 29.3 Å². The molecular weight excluding hydrogens is 262 g/mol. The Hall–Kier alpha value is -1.81. The number of rotatable bonds is 3. The van der Waals surface area contributed by atoms with Crippen molar-refractivity contribution < 1.29 is 4.79 Å². The number of piperidine rings is 1. The minimum absolute atomic E-state index is 0.213. The summed E-state index contributed by atoms with van der Waals surface area (Å²) in [5, 5.41) is 1.15. The summed E-state index contributed by atoms with van der Waals surface area (Å²) in [5.74, 6) is 1.27. The van der Waals surface area contributed by atoms with Gasteiger partial charge in [0, 0.05) is 30.2 Å². The normalized spacial score (nSPS) is 22.7. The molecule has 4 nitrogen and oxygen atoms in total. The van der Waals surface area contributed by atoms with Gasteiger partial charge in [-0.15, -0.1) is 0 Å². The zero-order valence-corrected chi connectivity index (χ0v) is 12.5. The number of aromatic amines is 1. The second-order valence-corrected chi connectivity index (χ2v) is 6.14. The summed E-state index contributed by atoms with van der Waals surface area (Å²) >= 11 is 0. The zero-order chi connectivity index (χ0) is 14.8. The molecule has 1 fully saturated rings. The molecule has 0 saturated carbocycles. The van der Waals surface area contributed by atoms with Crippen LogP contribution < -0.4 is 5.73 Å². The van der Waals surface area contributed by atoms with Crippen LogP contribution in [0.1, 0.15) is 18.9 Å². The number of benzene rings is 1. The number of H-pyrrole nitrogens is 1. The SMILES string of the molecule is CC1CCN(C(=O)Cc2c[nH]c3ccccc23)CC1CN. The number of carbonyl (C=O) groups is 1. The molecule has 1 aromatic carbocycles. The molecule has 0 radical (unpaired) electrons. The second kappa shape index (κ2) is 5.90. The number of hydrogen-bond acceptors (Lipinski definition) is 2. The van der Waals surface area contributed by atoms with Crippen LogP contribution in [0.4, 0.5) is 0 Å². The lowest BCUT2D eigenvalue weighted by molar-refractivity contribution is -0.132. The number of hydrogen-bond donors (Lipinski definition) is 2. The number of nitrogens with zero attached hydrogens (tertiary/aromatic N) is 1. The predicted molar refractivity (Wildman–Crippen MR) is 84.9 cm³/mol. The number of amides is 1. The molecule has 0 aliphatic carbocycles. The molecule has 21 heavy (non-hydrogen) atoms. The Kier molecular flexibility index (Phi) is 3.97. The first-order chi connectivity index (χ1) is 10.2. The van der Waals surface area contributed by atoms with Crippen LogP contribution in [0.3, 0.4) is 0 Å². The van der Waals surface area contributed by atoms with E-state index in [2.05, 4.69) is 18.0 Å². The Morgan fingerprint density at radius 3 is 3.05 bits per heavy atom. The first-order valence-electron chi connectivity index (χ1n) is 7.72. The van der Waals surface area contributed by atoms with Crippen molar-refractivity contribution in [3.63, 3.8) is 0 Å². The number of aromatic nitrogens is 1. The summed E-state index contributed by atoms with van der Waals surface area (Å²) in [6, 6.07) is 8.12. The van der Waals surface area contributed by atoms with Crippen LogP contribution in [0.5, 0.6) is 0 Å². The van der Waals surface area contributed by atoms with Gasteiger partial charge in [-0.1, -0.05) is 25.1 Å². The number of fused-ring (bicyclic) bond motifs is 1. The molecule has 2 heterocycles. The lowest BCUT2D eigenvalue weighted by Gasteiger charge is -2.36. The Labute approximate surface area is 125 Å². The minimum Gasteiger partial charge on any atom is -0.361 e. The predicted octanol–water partition coefficient (Wildman–Crippen LogP) is 2.15. The van der Waals surface area contributed by atoms with Crippen molar-refractivity contribution in [3.8, 4) is 0 Å². The van der Waals surface area contributed by atoms with Crippen molar-refractivity contribution in [1.29, 1.82) is 0 Å². The third-order valence-electron chi connectivity index (χ3n) is 4.79. The maximum absolute atomic E-state index is 12.5. The minimum atomic E-state index is 0.213. The van der Waals surface area contributed by atoms with Crippen molar-refractivity contribution in [2.45, 2.75) is 19.8 Å². The summed E-state index contributed by atoms with van der Waals surface area (Å²) < 4.78 is 0. The largest absolute Gasteiger partial charge is 0.361 e. The monoisotopic (exact) mass is 285 g/mol. The smallest absolute Gasteiger partial charge is 0.227 e. The molecule has 1 amide bonds. The van der Waals surface area contributed by atoms with Gasteiger partial charge in [0.05, 0.1) is 6.42 Å². The van der Waals surface area contributed by atoms with Crippen molar-refractivity contribution in [3.05, 3.63) is 36.0 Å². The molecule has 112 valence electrons. The Morgan fingerprint density at radius 2 is 2.24 bits per heavy atom. The molecule has 1 aromatic heterocycles. The topological polar surface area (TPSA) is 62.1 Å². The van der Waals surface area contributed by atoms with Gasteiger partial charge < -0.3 is 15.6 Å². The molecule has 4 heteroatoms. The van der Waals surface area contributed by atoms with E-state index in [1.54, 1.807) is 0 Å². The van der Waals surface area contributed by atoms with Crippen LogP contribution in [0.25, 0.3) is 10.9 Å². The highest BCUT2D eigenvalue weighted by atomic mass is 16.2. The van der Waals surface area contributed by atoms with Gasteiger partial charge in [0.1, 0.15) is 0 Å². The maximum atomic E-state index is 12.5. The first-order valence-corrected chi connectivity index (χ1v) is 7.72. The van der Waals surface area contributed by atoms with E-state index in [9.17, 15) is 4.79 Å². The molecule has 1 saturated heterocycles. The van der Waals surface area contributed by atoms with E-state index in [1.165, 1.54) is 0 Å². The van der Waals surface area contributed by atoms with Gasteiger partial charge in [-0.3, -0.25) is 4.79 Å². The van der Waals surface area contributed by atoms with Gasteiger partial charge >= 0.3 is 0 Å². The van der Waals surface area contributed by atoms with E-state index < -0.39 is 0 Å². The standard InChI is InChI=1S/C17H23N3O/c1-12-6-7-20(11-14(12)9-18)17(21)8-13-10-19-16-5-3-2-4-15(13)16/h2-5,10,12,14,19H,6-9,11,18H2,1H3. The van der Waals surface area contributed by atoms with E-state index >= 15 is 0 Å². The van der Waals surface area contributed by atoms with Crippen molar-refractivity contribution in [2.75, 3.05) is 19.6 Å². The fourth-order valence-electron chi connectivity index (χ4n) is 3.24. The van der Waals surface area contributed by atoms with Crippen molar-refractivity contribution >= 4 is 16.8 Å². The summed E-state index contributed by atoms with van der Waals surface area (Å²) in [5.41, 5.74) is 8.00. The van der Waals surface area contributed by atoms with Gasteiger partial charge in [0.15, 0.2) is 0 Å². The number of carbonyl (C=O) groups excluding carboxylic acids is 1. The van der Waals surface area contributed by atoms with Gasteiger partial charge in [-0.25, -0.2) is 0 Å². The summed E-state index contributed by atoms with van der Waals surface area (Å²) in [6.45, 7) is 4.56. The van der Waals surface area contributed by atoms with Gasteiger partial charge in [-0.05, 0) is 36.4 Å². The van der Waals surface area contributed by atoms with E-state index in [0.717, 1.165) is 36.0 Å². The number of para-hydroxylation sites is 1. The van der Waals surface area contributed by atoms with Gasteiger partial charge in [-0.2, -0.15) is 0 Å². The molecule has 3 N–H and O–H groups in total. The molecule has 1 aliphatic heterocycles. The fraction of sp³-hybridized carbons (Fsp3) is 0.471. The molecule has 0 bridgehead atoms. The van der Waals surface area contributed by atoms with Gasteiger partial charge in [0.25, 0.3) is 0 Å². The van der Waals surface area contributed by atoms with Gasteiger partial charge in [0.2, 0.25) is 5.91 Å². The van der Waals surface area contributed by atoms with Crippen LogP contribution in [-0.4, -0.2) is 35.4 Å². The highest BCUT2D eigenvalue weighted by Gasteiger charge is 2.28. The van der Waals surface area contributed by atoms with Crippen LogP contribution in [0.2, 0.25) is 0 Å².